The van der Waals surface area contributed by atoms with Crippen LogP contribution in [0.5, 0.6) is 0 Å². The second-order valence-electron chi connectivity index (χ2n) is 8.66. The first kappa shape index (κ1) is 24.3. The van der Waals surface area contributed by atoms with E-state index in [1.54, 1.807) is 30.2 Å². The van der Waals surface area contributed by atoms with Gasteiger partial charge in [-0.25, -0.2) is 27.2 Å². The summed E-state index contributed by atoms with van der Waals surface area (Å²) < 4.78 is 76.3. The number of benzene rings is 1. The highest BCUT2D eigenvalue weighted by Gasteiger charge is 2.29. The maximum absolute atomic E-state index is 14.6. The lowest BCUT2D eigenvalue weighted by Crippen LogP contribution is -2.20. The third-order valence-electron chi connectivity index (χ3n) is 5.93. The molecule has 1 aliphatic heterocycles. The number of nitrogens with zero attached hydrogens (tertiary/aromatic N) is 5. The number of pyridine rings is 1. The summed E-state index contributed by atoms with van der Waals surface area (Å²) in [4.78, 5) is 12.1. The zero-order chi connectivity index (χ0) is 25.6. The van der Waals surface area contributed by atoms with Crippen molar-refractivity contribution in [3.63, 3.8) is 0 Å². The van der Waals surface area contributed by atoms with Crippen LogP contribution in [0.15, 0.2) is 41.7 Å². The monoisotopic (exact) mass is 520 g/mol. The van der Waals surface area contributed by atoms with E-state index < -0.39 is 34.3 Å². The zero-order valence-electron chi connectivity index (χ0n) is 19.5. The smallest absolute Gasteiger partial charge is 0.295 e. The number of anilines is 2. The van der Waals surface area contributed by atoms with E-state index in [0.717, 1.165) is 29.7 Å². The minimum Gasteiger partial charge on any atom is -0.358 e. The van der Waals surface area contributed by atoms with E-state index in [2.05, 4.69) is 20.3 Å². The first-order valence-corrected chi connectivity index (χ1v) is 13.1. The van der Waals surface area contributed by atoms with Crippen molar-refractivity contribution in [1.29, 1.82) is 0 Å². The molecule has 36 heavy (non-hydrogen) atoms. The number of fused-ring (bicyclic) bond motifs is 1. The fourth-order valence-corrected chi connectivity index (χ4v) is 5.17. The predicted octanol–water partition coefficient (Wildman–Crippen LogP) is 4.75. The molecule has 0 bridgehead atoms. The summed E-state index contributed by atoms with van der Waals surface area (Å²) in [6.45, 7) is 0.383. The SMILES string of the molecule is Cn1cnc(-c2ccc(Nc3cc(F)nc4c3nc(C(F)F)n4C3CCCCO3)c(S(C)(=O)=O)c2)c1. The van der Waals surface area contributed by atoms with E-state index in [4.69, 9.17) is 4.74 Å². The Hall–Kier alpha value is -3.45. The molecule has 0 spiro atoms. The van der Waals surface area contributed by atoms with Crippen LogP contribution in [0, 0.1) is 5.95 Å². The van der Waals surface area contributed by atoms with E-state index in [9.17, 15) is 21.6 Å². The van der Waals surface area contributed by atoms with E-state index in [-0.39, 0.29) is 27.4 Å². The molecule has 0 amide bonds. The quantitative estimate of drug-likeness (QED) is 0.366. The summed E-state index contributed by atoms with van der Waals surface area (Å²) in [5.41, 5.74) is 1.14. The van der Waals surface area contributed by atoms with E-state index in [1.165, 1.54) is 12.1 Å². The third kappa shape index (κ3) is 4.55. The number of halogens is 3. The van der Waals surface area contributed by atoms with Gasteiger partial charge in [-0.15, -0.1) is 0 Å². The number of rotatable bonds is 6. The number of imidazole rings is 2. The Bertz CT molecular complexity index is 1540. The topological polar surface area (TPSA) is 104 Å². The Morgan fingerprint density at radius 2 is 1.97 bits per heavy atom. The van der Waals surface area contributed by atoms with Crippen LogP contribution in [0.2, 0.25) is 0 Å². The van der Waals surface area contributed by atoms with Gasteiger partial charge in [0.05, 0.1) is 28.3 Å². The molecule has 1 saturated heterocycles. The van der Waals surface area contributed by atoms with Crippen molar-refractivity contribution in [2.75, 3.05) is 18.2 Å². The van der Waals surface area contributed by atoms with Crippen molar-refractivity contribution in [1.82, 2.24) is 24.1 Å². The molecule has 1 atom stereocenters. The second kappa shape index (κ2) is 9.21. The molecule has 13 heteroatoms. The van der Waals surface area contributed by atoms with Crippen LogP contribution in [-0.4, -0.2) is 45.4 Å². The molecule has 4 aromatic rings. The number of alkyl halides is 2. The van der Waals surface area contributed by atoms with Crippen molar-refractivity contribution < 1.29 is 26.3 Å². The van der Waals surface area contributed by atoms with Gasteiger partial charge in [-0.3, -0.25) is 4.57 Å². The van der Waals surface area contributed by atoms with Gasteiger partial charge in [0.25, 0.3) is 6.43 Å². The zero-order valence-corrected chi connectivity index (χ0v) is 20.3. The highest BCUT2D eigenvalue weighted by Crippen LogP contribution is 2.37. The van der Waals surface area contributed by atoms with E-state index in [0.29, 0.717) is 24.3 Å². The van der Waals surface area contributed by atoms with Crippen LogP contribution in [0.25, 0.3) is 22.4 Å². The number of hydrogen-bond donors (Lipinski definition) is 1. The van der Waals surface area contributed by atoms with Crippen molar-refractivity contribution in [2.24, 2.45) is 7.05 Å². The fourth-order valence-electron chi connectivity index (χ4n) is 4.31. The van der Waals surface area contributed by atoms with E-state index in [1.807, 2.05) is 0 Å². The Morgan fingerprint density at radius 3 is 2.61 bits per heavy atom. The molecule has 1 N–H and O–H groups in total. The lowest BCUT2D eigenvalue weighted by molar-refractivity contribution is -0.0363. The summed E-state index contributed by atoms with van der Waals surface area (Å²) in [6, 6.07) is 5.62. The molecule has 1 aromatic carbocycles. The van der Waals surface area contributed by atoms with Gasteiger partial charge in [-0.1, -0.05) is 6.07 Å². The first-order valence-electron chi connectivity index (χ1n) is 11.2. The largest absolute Gasteiger partial charge is 0.358 e. The molecule has 3 aromatic heterocycles. The van der Waals surface area contributed by atoms with Crippen LogP contribution >= 0.6 is 0 Å². The number of aryl methyl sites for hydroxylation is 1. The maximum Gasteiger partial charge on any atom is 0.295 e. The minimum absolute atomic E-state index is 0.00412. The van der Waals surface area contributed by atoms with Crippen LogP contribution in [0.4, 0.5) is 24.5 Å². The van der Waals surface area contributed by atoms with Crippen LogP contribution in [0.1, 0.15) is 37.7 Å². The number of aromatic nitrogens is 5. The number of sulfone groups is 1. The average molecular weight is 521 g/mol. The average Bonchev–Trinajstić information content (AvgIpc) is 3.43. The van der Waals surface area contributed by atoms with Crippen molar-refractivity contribution in [2.45, 2.75) is 36.8 Å². The molecule has 5 rings (SSSR count). The molecule has 1 unspecified atom stereocenters. The van der Waals surface area contributed by atoms with Crippen LogP contribution in [0.3, 0.4) is 0 Å². The van der Waals surface area contributed by atoms with Crippen molar-refractivity contribution in [3.05, 3.63) is 48.6 Å². The Kier molecular flexibility index (Phi) is 6.20. The molecule has 0 radical (unpaired) electrons. The van der Waals surface area contributed by atoms with Gasteiger partial charge < -0.3 is 14.6 Å². The van der Waals surface area contributed by atoms with Gasteiger partial charge in [-0.2, -0.15) is 9.37 Å². The van der Waals surface area contributed by atoms with Gasteiger partial charge in [0.2, 0.25) is 5.95 Å². The molecule has 0 saturated carbocycles. The predicted molar refractivity (Wildman–Crippen MR) is 126 cm³/mol. The Balaban J connectivity index is 1.64. The van der Waals surface area contributed by atoms with Gasteiger partial charge in [0.15, 0.2) is 21.3 Å². The molecular formula is C23H23F3N6O3S. The number of hydrogen-bond acceptors (Lipinski definition) is 7. The lowest BCUT2D eigenvalue weighted by atomic mass is 10.1. The molecule has 1 aliphatic rings. The molecular weight excluding hydrogens is 497 g/mol. The van der Waals surface area contributed by atoms with Crippen LogP contribution < -0.4 is 5.32 Å². The summed E-state index contributed by atoms with van der Waals surface area (Å²) in [7, 11) is -1.96. The highest BCUT2D eigenvalue weighted by molar-refractivity contribution is 7.90. The molecule has 190 valence electrons. The fraction of sp³-hybridized carbons (Fsp3) is 0.348. The summed E-state index contributed by atoms with van der Waals surface area (Å²) in [6.07, 6.45) is 2.68. The molecule has 0 aliphatic carbocycles. The van der Waals surface area contributed by atoms with Crippen molar-refractivity contribution >= 4 is 32.4 Å². The van der Waals surface area contributed by atoms with Gasteiger partial charge in [-0.05, 0) is 31.4 Å². The molecule has 9 nitrogen and oxygen atoms in total. The number of ether oxygens (including phenoxy) is 1. The van der Waals surface area contributed by atoms with Gasteiger partial charge in [0.1, 0.15) is 11.7 Å². The van der Waals surface area contributed by atoms with Crippen molar-refractivity contribution in [3.8, 4) is 11.3 Å². The lowest BCUT2D eigenvalue weighted by Gasteiger charge is -2.25. The first-order chi connectivity index (χ1) is 17.1. The van der Waals surface area contributed by atoms with Crippen LogP contribution in [-0.2, 0) is 21.6 Å². The van der Waals surface area contributed by atoms with E-state index >= 15 is 0 Å². The Morgan fingerprint density at radius 1 is 1.17 bits per heavy atom. The normalized spacial score (nSPS) is 16.7. The maximum atomic E-state index is 14.6. The van der Waals surface area contributed by atoms with Gasteiger partial charge >= 0.3 is 0 Å². The third-order valence-corrected chi connectivity index (χ3v) is 7.07. The minimum atomic E-state index is -3.75. The highest BCUT2D eigenvalue weighted by atomic mass is 32.2. The standard InChI is InChI=1S/C23H23F3N6O3S/c1-31-11-16(27-12-31)13-6-7-14(17(9-13)36(2,33)34)28-15-10-18(24)29-22-20(15)30-23(21(25)26)32(22)19-5-3-4-8-35-19/h6-7,9-12,19,21H,3-5,8H2,1-2H3,(H,28,29). The molecule has 4 heterocycles. The summed E-state index contributed by atoms with van der Waals surface area (Å²) >= 11 is 0. The molecule has 1 fully saturated rings. The second-order valence-corrected chi connectivity index (χ2v) is 10.6. The Labute approximate surface area is 204 Å². The summed E-state index contributed by atoms with van der Waals surface area (Å²) in [5.74, 6) is -1.53. The summed E-state index contributed by atoms with van der Waals surface area (Å²) in [5, 5.41) is 2.88. The number of nitrogens with one attached hydrogen (secondary N) is 1. The van der Waals surface area contributed by atoms with Gasteiger partial charge in [0, 0.05) is 37.7 Å².